The van der Waals surface area contributed by atoms with Gasteiger partial charge in [0.2, 0.25) is 11.8 Å². The Morgan fingerprint density at radius 2 is 1.68 bits per heavy atom. The largest absolute Gasteiger partial charge is 0.494 e. The Labute approximate surface area is 165 Å². The van der Waals surface area contributed by atoms with Crippen molar-refractivity contribution in [3.63, 3.8) is 0 Å². The fourth-order valence-electron chi connectivity index (χ4n) is 3.39. The van der Waals surface area contributed by atoms with Crippen LogP contribution in [-0.2, 0) is 11.3 Å². The average Bonchev–Trinajstić information content (AvgIpc) is 3.13. The van der Waals surface area contributed by atoms with E-state index in [-0.39, 0.29) is 18.0 Å². The van der Waals surface area contributed by atoms with Crippen molar-refractivity contribution < 1.29 is 14.7 Å². The van der Waals surface area contributed by atoms with Crippen LogP contribution in [0.5, 0.6) is 5.88 Å². The second-order valence-electron chi connectivity index (χ2n) is 6.61. The second kappa shape index (κ2) is 6.65. The molecule has 3 aromatic rings. The lowest BCUT2D eigenvalue weighted by Crippen LogP contribution is -2.19. The fourth-order valence-corrected chi connectivity index (χ4v) is 3.52. The molecule has 6 nitrogen and oxygen atoms in total. The Balaban J connectivity index is 1.97. The Kier molecular flexibility index (Phi) is 4.28. The molecule has 1 aliphatic heterocycles. The van der Waals surface area contributed by atoms with Crippen LogP contribution in [0.1, 0.15) is 27.0 Å². The summed E-state index contributed by atoms with van der Waals surface area (Å²) in [5.74, 6) is -1.33. The van der Waals surface area contributed by atoms with Crippen molar-refractivity contribution in [2.75, 3.05) is 0 Å². The number of carbonyl (C=O) groups is 2. The Bertz CT molecular complexity index is 1140. The molecule has 1 aliphatic rings. The molecule has 1 aromatic heterocycles. The number of aromatic hydroxyl groups is 1. The molecule has 140 valence electrons. The van der Waals surface area contributed by atoms with E-state index < -0.39 is 11.8 Å². The van der Waals surface area contributed by atoms with Crippen molar-refractivity contribution in [1.29, 1.82) is 0 Å². The third-order valence-corrected chi connectivity index (χ3v) is 4.91. The number of benzene rings is 2. The Hall–Kier alpha value is -3.38. The van der Waals surface area contributed by atoms with E-state index in [4.69, 9.17) is 17.3 Å². The van der Waals surface area contributed by atoms with Gasteiger partial charge in [-0.1, -0.05) is 53.6 Å². The molecule has 28 heavy (non-hydrogen) atoms. The number of carbonyl (C=O) groups excluding carboxylic acids is 2. The average molecular weight is 394 g/mol. The third kappa shape index (κ3) is 2.88. The molecule has 0 radical (unpaired) electrons. The van der Waals surface area contributed by atoms with E-state index in [2.05, 4.69) is 4.99 Å². The van der Waals surface area contributed by atoms with Crippen LogP contribution < -0.4 is 5.73 Å². The molecular formula is C21H16ClN3O3. The summed E-state index contributed by atoms with van der Waals surface area (Å²) in [7, 11) is 0. The van der Waals surface area contributed by atoms with Crippen molar-refractivity contribution in [2.45, 2.75) is 13.5 Å². The number of primary amides is 1. The summed E-state index contributed by atoms with van der Waals surface area (Å²) in [6, 6.07) is 14.2. The van der Waals surface area contributed by atoms with Crippen LogP contribution in [-0.4, -0.2) is 27.2 Å². The zero-order valence-corrected chi connectivity index (χ0v) is 15.7. The minimum atomic E-state index is -0.630. The maximum Gasteiger partial charge on any atom is 0.280 e. The number of nitrogens with two attached hydrogens (primary N) is 1. The van der Waals surface area contributed by atoms with Crippen molar-refractivity contribution in [3.8, 4) is 17.1 Å². The van der Waals surface area contributed by atoms with Crippen LogP contribution in [0.3, 0.4) is 0 Å². The minimum Gasteiger partial charge on any atom is -0.494 e. The Morgan fingerprint density at radius 3 is 2.29 bits per heavy atom. The summed E-state index contributed by atoms with van der Waals surface area (Å²) < 4.78 is 1.36. The molecule has 0 bridgehead atoms. The molecule has 0 saturated heterocycles. The van der Waals surface area contributed by atoms with Gasteiger partial charge in [0.25, 0.3) is 5.91 Å². The number of hydrogen-bond acceptors (Lipinski definition) is 3. The van der Waals surface area contributed by atoms with Crippen molar-refractivity contribution in [2.24, 2.45) is 10.7 Å². The summed E-state index contributed by atoms with van der Waals surface area (Å²) in [6.07, 6.45) is 0. The van der Waals surface area contributed by atoms with Crippen LogP contribution in [0.25, 0.3) is 11.3 Å². The van der Waals surface area contributed by atoms with Crippen molar-refractivity contribution >= 4 is 29.1 Å². The van der Waals surface area contributed by atoms with E-state index in [0.717, 1.165) is 5.56 Å². The van der Waals surface area contributed by atoms with Gasteiger partial charge >= 0.3 is 0 Å². The number of hydrogen-bond donors (Lipinski definition) is 2. The molecule has 0 atom stereocenters. The number of aliphatic imine (C=N–C) groups is 1. The van der Waals surface area contributed by atoms with Gasteiger partial charge in [0, 0.05) is 10.6 Å². The standard InChI is InChI=1S/C21H16ClN3O3/c1-11-2-4-13(5-3-11)19-17-16(21(28)25(19)10-15(23)26)18(24-20(17)27)12-6-8-14(22)9-7-12/h2-9,28H,10H2,1H3,(H2,23,26). The van der Waals surface area contributed by atoms with Gasteiger partial charge in [0.05, 0.1) is 22.5 Å². The molecule has 2 aromatic carbocycles. The second-order valence-corrected chi connectivity index (χ2v) is 7.05. The van der Waals surface area contributed by atoms with Gasteiger partial charge in [-0.05, 0) is 24.6 Å². The van der Waals surface area contributed by atoms with Gasteiger partial charge in [-0.25, -0.2) is 4.99 Å². The summed E-state index contributed by atoms with van der Waals surface area (Å²) >= 11 is 5.95. The number of aromatic nitrogens is 1. The van der Waals surface area contributed by atoms with Gasteiger partial charge in [-0.3, -0.25) is 9.59 Å². The van der Waals surface area contributed by atoms with Crippen LogP contribution in [0, 0.1) is 6.92 Å². The highest BCUT2D eigenvalue weighted by molar-refractivity contribution is 6.32. The molecule has 4 rings (SSSR count). The van der Waals surface area contributed by atoms with Gasteiger partial charge in [-0.2, -0.15) is 0 Å². The molecule has 0 spiro atoms. The number of fused-ring (bicyclic) bond motifs is 1. The number of amides is 2. The minimum absolute atomic E-state index is 0.219. The first kappa shape index (κ1) is 18.0. The molecular weight excluding hydrogens is 378 g/mol. The first-order valence-electron chi connectivity index (χ1n) is 8.57. The highest BCUT2D eigenvalue weighted by atomic mass is 35.5. The van der Waals surface area contributed by atoms with Crippen LogP contribution >= 0.6 is 11.6 Å². The normalized spacial score (nSPS) is 12.8. The molecule has 0 unspecified atom stereocenters. The molecule has 2 heterocycles. The van der Waals surface area contributed by atoms with Crippen molar-refractivity contribution in [1.82, 2.24) is 4.57 Å². The topological polar surface area (TPSA) is 97.7 Å². The number of rotatable bonds is 4. The van der Waals surface area contributed by atoms with E-state index in [9.17, 15) is 14.7 Å². The number of halogens is 1. The molecule has 2 amide bonds. The lowest BCUT2D eigenvalue weighted by molar-refractivity contribution is -0.118. The quantitative estimate of drug-likeness (QED) is 0.711. The first-order chi connectivity index (χ1) is 13.4. The van der Waals surface area contributed by atoms with Gasteiger partial charge < -0.3 is 15.4 Å². The molecule has 0 saturated carbocycles. The SMILES string of the molecule is Cc1ccc(-c2c3c(c(O)n2CC(N)=O)C(c2ccc(Cl)cc2)=NC3=O)cc1. The number of aryl methyl sites for hydroxylation is 1. The summed E-state index contributed by atoms with van der Waals surface area (Å²) in [4.78, 5) is 28.5. The molecule has 7 heteroatoms. The van der Waals surface area contributed by atoms with Gasteiger partial charge in [0.1, 0.15) is 6.54 Å². The molecule has 0 aliphatic carbocycles. The third-order valence-electron chi connectivity index (χ3n) is 4.66. The van der Waals surface area contributed by atoms with Crippen LogP contribution in [0.2, 0.25) is 5.02 Å². The van der Waals surface area contributed by atoms with E-state index in [1.807, 2.05) is 31.2 Å². The Morgan fingerprint density at radius 1 is 1.07 bits per heavy atom. The number of nitrogens with zero attached hydrogens (tertiary/aromatic N) is 2. The summed E-state index contributed by atoms with van der Waals surface area (Å²) in [5, 5.41) is 11.4. The highest BCUT2D eigenvalue weighted by Gasteiger charge is 2.36. The van der Waals surface area contributed by atoms with E-state index in [0.29, 0.717) is 33.1 Å². The van der Waals surface area contributed by atoms with E-state index in [1.54, 1.807) is 24.3 Å². The maximum atomic E-state index is 12.8. The first-order valence-corrected chi connectivity index (χ1v) is 8.94. The summed E-state index contributed by atoms with van der Waals surface area (Å²) in [5.41, 5.74) is 9.06. The maximum absolute atomic E-state index is 12.8. The lowest BCUT2D eigenvalue weighted by Gasteiger charge is -2.10. The fraction of sp³-hybridized carbons (Fsp3) is 0.0952. The monoisotopic (exact) mass is 393 g/mol. The van der Waals surface area contributed by atoms with Crippen LogP contribution in [0.4, 0.5) is 0 Å². The molecule has 3 N–H and O–H groups in total. The van der Waals surface area contributed by atoms with Gasteiger partial charge in [-0.15, -0.1) is 0 Å². The van der Waals surface area contributed by atoms with Gasteiger partial charge in [0.15, 0.2) is 0 Å². The smallest absolute Gasteiger partial charge is 0.280 e. The predicted octanol–water partition coefficient (Wildman–Crippen LogP) is 3.30. The predicted molar refractivity (Wildman–Crippen MR) is 107 cm³/mol. The lowest BCUT2D eigenvalue weighted by atomic mass is 10.00. The summed E-state index contributed by atoms with van der Waals surface area (Å²) in [6.45, 7) is 1.68. The van der Waals surface area contributed by atoms with Crippen LogP contribution in [0.15, 0.2) is 53.5 Å². The van der Waals surface area contributed by atoms with Crippen molar-refractivity contribution in [3.05, 3.63) is 75.8 Å². The zero-order valence-electron chi connectivity index (χ0n) is 14.9. The molecule has 0 fully saturated rings. The highest BCUT2D eigenvalue weighted by Crippen LogP contribution is 2.41. The zero-order chi connectivity index (χ0) is 20.0. The van der Waals surface area contributed by atoms with E-state index >= 15 is 0 Å². The van der Waals surface area contributed by atoms with E-state index in [1.165, 1.54) is 4.57 Å².